The van der Waals surface area contributed by atoms with Gasteiger partial charge in [-0.05, 0) is 99.0 Å². The molecule has 194 valence electrons. The molecular formula is C42H26. The highest BCUT2D eigenvalue weighted by Gasteiger charge is 2.16. The van der Waals surface area contributed by atoms with Crippen molar-refractivity contribution >= 4 is 64.6 Å². The van der Waals surface area contributed by atoms with E-state index in [9.17, 15) is 0 Å². The van der Waals surface area contributed by atoms with Crippen LogP contribution in [0.1, 0.15) is 0 Å². The molecule has 9 aromatic carbocycles. The van der Waals surface area contributed by atoms with E-state index in [1.807, 2.05) is 0 Å². The topological polar surface area (TPSA) is 0 Å². The van der Waals surface area contributed by atoms with E-state index in [2.05, 4.69) is 158 Å². The van der Waals surface area contributed by atoms with Gasteiger partial charge in [-0.3, -0.25) is 0 Å². The molecule has 9 aromatic rings. The van der Waals surface area contributed by atoms with E-state index in [4.69, 9.17) is 0 Å². The molecule has 0 heteroatoms. The molecule has 0 aliphatic heterocycles. The van der Waals surface area contributed by atoms with Crippen LogP contribution >= 0.6 is 0 Å². The number of fused-ring (bicyclic) bond motifs is 12. The summed E-state index contributed by atoms with van der Waals surface area (Å²) >= 11 is 0. The summed E-state index contributed by atoms with van der Waals surface area (Å²) in [6, 6.07) is 58.0. The maximum atomic E-state index is 2.41. The zero-order valence-electron chi connectivity index (χ0n) is 23.0. The van der Waals surface area contributed by atoms with Crippen molar-refractivity contribution in [1.82, 2.24) is 0 Å². The van der Waals surface area contributed by atoms with E-state index < -0.39 is 0 Å². The average Bonchev–Trinajstić information content (AvgIpc) is 3.07. The molecule has 42 heavy (non-hydrogen) atoms. The molecule has 0 saturated carbocycles. The fraction of sp³-hybridized carbons (Fsp3) is 0. The van der Waals surface area contributed by atoms with E-state index in [-0.39, 0.29) is 0 Å². The average molecular weight is 531 g/mol. The van der Waals surface area contributed by atoms with Gasteiger partial charge < -0.3 is 0 Å². The van der Waals surface area contributed by atoms with Crippen LogP contribution in [0.4, 0.5) is 0 Å². The van der Waals surface area contributed by atoms with Crippen molar-refractivity contribution in [3.8, 4) is 22.3 Å². The van der Waals surface area contributed by atoms with Gasteiger partial charge in [0.2, 0.25) is 0 Å². The Labute approximate surface area is 244 Å². The summed E-state index contributed by atoms with van der Waals surface area (Å²) in [5.74, 6) is 0. The molecule has 0 saturated heterocycles. The van der Waals surface area contributed by atoms with Gasteiger partial charge in [0.05, 0.1) is 0 Å². The summed E-state index contributed by atoms with van der Waals surface area (Å²) in [5.41, 5.74) is 4.98. The highest BCUT2D eigenvalue weighted by Crippen LogP contribution is 2.44. The van der Waals surface area contributed by atoms with Gasteiger partial charge in [0.1, 0.15) is 0 Å². The van der Waals surface area contributed by atoms with Crippen molar-refractivity contribution in [3.63, 3.8) is 0 Å². The third kappa shape index (κ3) is 3.36. The van der Waals surface area contributed by atoms with E-state index in [1.54, 1.807) is 0 Å². The molecule has 0 heterocycles. The first-order chi connectivity index (χ1) is 20.8. The van der Waals surface area contributed by atoms with Crippen molar-refractivity contribution in [1.29, 1.82) is 0 Å². The normalized spacial score (nSPS) is 11.8. The maximum Gasteiger partial charge on any atom is -0.00139 e. The third-order valence-electron chi connectivity index (χ3n) is 9.01. The molecule has 0 bridgehead atoms. The second-order valence-electron chi connectivity index (χ2n) is 11.3. The minimum absolute atomic E-state index is 1.23. The first kappa shape index (κ1) is 23.3. The number of benzene rings is 9. The molecular weight excluding hydrogens is 504 g/mol. The van der Waals surface area contributed by atoms with Crippen LogP contribution in [-0.2, 0) is 0 Å². The lowest BCUT2D eigenvalue weighted by Gasteiger charge is -2.17. The highest BCUT2D eigenvalue weighted by molar-refractivity contribution is 6.39. The smallest absolute Gasteiger partial charge is 0.00139 e. The van der Waals surface area contributed by atoms with Gasteiger partial charge in [0.25, 0.3) is 0 Å². The summed E-state index contributed by atoms with van der Waals surface area (Å²) in [6.45, 7) is 0. The lowest BCUT2D eigenvalue weighted by atomic mass is 9.86. The van der Waals surface area contributed by atoms with Crippen molar-refractivity contribution in [3.05, 3.63) is 158 Å². The van der Waals surface area contributed by atoms with Crippen LogP contribution in [0.25, 0.3) is 86.9 Å². The van der Waals surface area contributed by atoms with Gasteiger partial charge in [-0.1, -0.05) is 146 Å². The van der Waals surface area contributed by atoms with Crippen molar-refractivity contribution in [2.45, 2.75) is 0 Å². The predicted octanol–water partition coefficient (Wildman–Crippen LogP) is 11.9. The molecule has 0 unspecified atom stereocenters. The number of hydrogen-bond donors (Lipinski definition) is 0. The summed E-state index contributed by atoms with van der Waals surface area (Å²) in [6.07, 6.45) is 0. The second kappa shape index (κ2) is 9.03. The van der Waals surface area contributed by atoms with Crippen molar-refractivity contribution < 1.29 is 0 Å². The first-order valence-corrected chi connectivity index (χ1v) is 14.6. The Bertz CT molecular complexity index is 2510. The fourth-order valence-electron chi connectivity index (χ4n) is 7.14. The first-order valence-electron chi connectivity index (χ1n) is 14.6. The van der Waals surface area contributed by atoms with Crippen LogP contribution in [0, 0.1) is 0 Å². The van der Waals surface area contributed by atoms with Crippen molar-refractivity contribution in [2.75, 3.05) is 0 Å². The van der Waals surface area contributed by atoms with Gasteiger partial charge in [-0.2, -0.15) is 0 Å². The highest BCUT2D eigenvalue weighted by atomic mass is 14.2. The fourth-order valence-corrected chi connectivity index (χ4v) is 7.14. The molecule has 9 rings (SSSR count). The Morgan fingerprint density at radius 1 is 0.238 bits per heavy atom. The third-order valence-corrected chi connectivity index (χ3v) is 9.01. The molecule has 0 fully saturated rings. The van der Waals surface area contributed by atoms with E-state index in [1.165, 1.54) is 86.9 Å². The zero-order valence-corrected chi connectivity index (χ0v) is 23.0. The Kier molecular flexibility index (Phi) is 5.00. The van der Waals surface area contributed by atoms with Crippen LogP contribution in [0.3, 0.4) is 0 Å². The summed E-state index contributed by atoms with van der Waals surface area (Å²) in [7, 11) is 0. The molecule has 0 atom stereocenters. The maximum absolute atomic E-state index is 2.41. The zero-order chi connectivity index (χ0) is 27.6. The standard InChI is InChI=1S/C42H26/c1-2-15-31-27(11-1)12-10-22-32(31)30-14-9-13-28(25-30)29-23-24-39-40(26-29)35-18-5-8-21-38(35)41-36-19-6-3-16-33(36)34-17-4-7-20-37(34)42(39)41/h1-26H. The number of hydrogen-bond acceptors (Lipinski definition) is 0. The van der Waals surface area contributed by atoms with Crippen molar-refractivity contribution in [2.24, 2.45) is 0 Å². The molecule has 0 aromatic heterocycles. The molecule has 0 spiro atoms. The second-order valence-corrected chi connectivity index (χ2v) is 11.3. The van der Waals surface area contributed by atoms with Crippen LogP contribution in [0.2, 0.25) is 0 Å². The van der Waals surface area contributed by atoms with Gasteiger partial charge in [-0.15, -0.1) is 0 Å². The predicted molar refractivity (Wildman–Crippen MR) is 182 cm³/mol. The largest absolute Gasteiger partial charge is 0.0616 e. The Hall–Kier alpha value is -5.46. The summed E-state index contributed by atoms with van der Waals surface area (Å²) < 4.78 is 0. The van der Waals surface area contributed by atoms with Gasteiger partial charge >= 0.3 is 0 Å². The van der Waals surface area contributed by atoms with E-state index in [0.29, 0.717) is 0 Å². The Morgan fingerprint density at radius 2 is 0.690 bits per heavy atom. The molecule has 0 N–H and O–H groups in total. The summed E-state index contributed by atoms with van der Waals surface area (Å²) in [5, 5.41) is 15.7. The van der Waals surface area contributed by atoms with E-state index >= 15 is 0 Å². The minimum Gasteiger partial charge on any atom is -0.0616 e. The quantitative estimate of drug-likeness (QED) is 0.195. The summed E-state index contributed by atoms with van der Waals surface area (Å²) in [4.78, 5) is 0. The van der Waals surface area contributed by atoms with Gasteiger partial charge in [-0.25, -0.2) is 0 Å². The van der Waals surface area contributed by atoms with Gasteiger partial charge in [0.15, 0.2) is 0 Å². The minimum atomic E-state index is 1.23. The van der Waals surface area contributed by atoms with Crippen LogP contribution in [-0.4, -0.2) is 0 Å². The molecule has 0 aliphatic rings. The monoisotopic (exact) mass is 530 g/mol. The van der Waals surface area contributed by atoms with E-state index in [0.717, 1.165) is 0 Å². The van der Waals surface area contributed by atoms with Crippen LogP contribution < -0.4 is 0 Å². The lowest BCUT2D eigenvalue weighted by molar-refractivity contribution is 1.62. The van der Waals surface area contributed by atoms with Crippen LogP contribution in [0.5, 0.6) is 0 Å². The van der Waals surface area contributed by atoms with Gasteiger partial charge in [0, 0.05) is 0 Å². The van der Waals surface area contributed by atoms with Crippen LogP contribution in [0.15, 0.2) is 158 Å². The number of rotatable bonds is 2. The molecule has 0 aliphatic carbocycles. The molecule has 0 nitrogen and oxygen atoms in total. The molecule has 0 radical (unpaired) electrons. The SMILES string of the molecule is c1cc(-c2ccc3c(c2)c2ccccc2c2c4ccccc4c4ccccc4c32)cc(-c2cccc3ccccc23)c1. The lowest BCUT2D eigenvalue weighted by Crippen LogP contribution is -1.89. The Balaban J connectivity index is 1.35. The molecule has 0 amide bonds. The Morgan fingerprint density at radius 3 is 1.36 bits per heavy atom.